The van der Waals surface area contributed by atoms with Gasteiger partial charge < -0.3 is 15.4 Å². The Hall–Kier alpha value is -2.15. The third kappa shape index (κ3) is 7.51. The fourth-order valence-electron chi connectivity index (χ4n) is 2.26. The maximum Gasteiger partial charge on any atom is 0.407 e. The molecule has 1 unspecified atom stereocenters. The predicted octanol–water partition coefficient (Wildman–Crippen LogP) is 3.54. The van der Waals surface area contributed by atoms with Crippen molar-refractivity contribution in [1.29, 1.82) is 0 Å². The highest BCUT2D eigenvalue weighted by molar-refractivity contribution is 5.67. The van der Waals surface area contributed by atoms with Crippen LogP contribution >= 0.6 is 0 Å². The van der Waals surface area contributed by atoms with Crippen molar-refractivity contribution in [2.75, 3.05) is 6.54 Å². The van der Waals surface area contributed by atoms with Crippen molar-refractivity contribution in [3.63, 3.8) is 0 Å². The van der Waals surface area contributed by atoms with Crippen molar-refractivity contribution in [3.8, 4) is 0 Å². The number of rotatable bonds is 7. The zero-order chi connectivity index (χ0) is 19.2. The van der Waals surface area contributed by atoms with Crippen LogP contribution in [0.1, 0.15) is 45.7 Å². The van der Waals surface area contributed by atoms with Gasteiger partial charge in [-0.2, -0.15) is 0 Å². The number of hydrogen-bond donors (Lipinski definition) is 2. The topological polar surface area (TPSA) is 93.5 Å². The van der Waals surface area contributed by atoms with E-state index >= 15 is 0 Å². The lowest BCUT2D eigenvalue weighted by Crippen LogP contribution is -2.45. The van der Waals surface area contributed by atoms with Crippen LogP contribution in [0.4, 0.5) is 10.5 Å². The third-order valence-electron chi connectivity index (χ3n) is 3.71. The highest BCUT2D eigenvalue weighted by Crippen LogP contribution is 2.19. The summed E-state index contributed by atoms with van der Waals surface area (Å²) in [7, 11) is 0. The fourth-order valence-corrected chi connectivity index (χ4v) is 2.26. The minimum absolute atomic E-state index is 0.0212. The van der Waals surface area contributed by atoms with Crippen LogP contribution in [-0.4, -0.2) is 29.2 Å². The molecule has 7 nitrogen and oxygen atoms in total. The van der Waals surface area contributed by atoms with Crippen LogP contribution in [0, 0.1) is 23.0 Å². The summed E-state index contributed by atoms with van der Waals surface area (Å²) in [5.41, 5.74) is 1.05. The van der Waals surface area contributed by atoms with E-state index in [1.807, 2.05) is 40.7 Å². The summed E-state index contributed by atoms with van der Waals surface area (Å²) in [6, 6.07) is 5.22. The summed E-state index contributed by atoms with van der Waals surface area (Å²) >= 11 is 0. The number of alkyl carbamates (subject to hydrolysis) is 1. The number of ether oxygens (including phenoxy) is 1. The van der Waals surface area contributed by atoms with Crippen molar-refractivity contribution in [1.82, 2.24) is 10.6 Å². The first-order valence-corrected chi connectivity index (χ1v) is 8.43. The molecule has 0 heterocycles. The van der Waals surface area contributed by atoms with E-state index in [2.05, 4.69) is 10.6 Å². The van der Waals surface area contributed by atoms with E-state index in [1.165, 1.54) is 0 Å². The molecule has 0 spiro atoms. The lowest BCUT2D eigenvalue weighted by molar-refractivity contribution is -0.385. The minimum Gasteiger partial charge on any atom is -0.444 e. The van der Waals surface area contributed by atoms with Gasteiger partial charge in [0, 0.05) is 30.8 Å². The lowest BCUT2D eigenvalue weighted by Gasteiger charge is -2.25. The molecule has 140 valence electrons. The molecule has 1 amide bonds. The highest BCUT2D eigenvalue weighted by atomic mass is 16.6. The van der Waals surface area contributed by atoms with Crippen molar-refractivity contribution in [3.05, 3.63) is 39.4 Å². The largest absolute Gasteiger partial charge is 0.444 e. The van der Waals surface area contributed by atoms with Crippen molar-refractivity contribution in [2.24, 2.45) is 5.92 Å². The van der Waals surface area contributed by atoms with Gasteiger partial charge in [-0.3, -0.25) is 10.1 Å². The number of hydrogen-bond acceptors (Lipinski definition) is 5. The molecule has 0 aliphatic rings. The summed E-state index contributed by atoms with van der Waals surface area (Å²) < 4.78 is 5.23. The Bertz CT molecular complexity index is 609. The van der Waals surface area contributed by atoms with Crippen LogP contribution < -0.4 is 10.6 Å². The van der Waals surface area contributed by atoms with E-state index < -0.39 is 11.7 Å². The number of nitro benzene ring substituents is 1. The molecule has 2 N–H and O–H groups in total. The number of aryl methyl sites for hydroxylation is 1. The Morgan fingerprint density at radius 2 is 1.96 bits per heavy atom. The van der Waals surface area contributed by atoms with Crippen molar-refractivity contribution < 1.29 is 14.5 Å². The van der Waals surface area contributed by atoms with Crippen LogP contribution in [-0.2, 0) is 11.3 Å². The number of carbonyl (C=O) groups is 1. The van der Waals surface area contributed by atoms with Gasteiger partial charge in [0.15, 0.2) is 0 Å². The molecule has 1 aromatic rings. The zero-order valence-corrected chi connectivity index (χ0v) is 15.9. The van der Waals surface area contributed by atoms with E-state index in [0.717, 1.165) is 5.56 Å². The monoisotopic (exact) mass is 351 g/mol. The van der Waals surface area contributed by atoms with Gasteiger partial charge in [0.2, 0.25) is 0 Å². The zero-order valence-electron chi connectivity index (χ0n) is 15.9. The predicted molar refractivity (Wildman–Crippen MR) is 97.5 cm³/mol. The van der Waals surface area contributed by atoms with E-state index in [0.29, 0.717) is 18.7 Å². The molecule has 0 bridgehead atoms. The molecule has 0 radical (unpaired) electrons. The Kier molecular flexibility index (Phi) is 7.36. The Morgan fingerprint density at radius 3 is 2.48 bits per heavy atom. The van der Waals surface area contributed by atoms with Crippen molar-refractivity contribution in [2.45, 2.75) is 59.7 Å². The average Bonchev–Trinajstić information content (AvgIpc) is 2.46. The summed E-state index contributed by atoms with van der Waals surface area (Å²) in [5, 5.41) is 17.1. The first-order valence-electron chi connectivity index (χ1n) is 8.43. The van der Waals surface area contributed by atoms with Gasteiger partial charge in [0.05, 0.1) is 4.92 Å². The summed E-state index contributed by atoms with van der Waals surface area (Å²) in [5.74, 6) is 0.273. The number of nitro groups is 1. The van der Waals surface area contributed by atoms with Gasteiger partial charge in [-0.1, -0.05) is 26.0 Å². The Balaban J connectivity index is 2.63. The number of amides is 1. The maximum atomic E-state index is 11.8. The number of benzene rings is 1. The first kappa shape index (κ1) is 20.9. The van der Waals surface area contributed by atoms with Gasteiger partial charge in [0.25, 0.3) is 5.69 Å². The molecule has 0 aliphatic carbocycles. The third-order valence-corrected chi connectivity index (χ3v) is 3.71. The number of nitrogens with one attached hydrogen (secondary N) is 2. The second-order valence-electron chi connectivity index (χ2n) is 7.49. The number of carbonyl (C=O) groups excluding carboxylic acids is 1. The highest BCUT2D eigenvalue weighted by Gasteiger charge is 2.19. The number of nitrogens with zero attached hydrogens (tertiary/aromatic N) is 1. The van der Waals surface area contributed by atoms with Gasteiger partial charge >= 0.3 is 6.09 Å². The quantitative estimate of drug-likeness (QED) is 0.579. The van der Waals surface area contributed by atoms with Crippen LogP contribution in [0.5, 0.6) is 0 Å². The summed E-state index contributed by atoms with van der Waals surface area (Å²) in [4.78, 5) is 22.4. The van der Waals surface area contributed by atoms with Gasteiger partial charge in [-0.05, 0) is 39.2 Å². The minimum atomic E-state index is -0.536. The Morgan fingerprint density at radius 1 is 1.32 bits per heavy atom. The molecule has 0 saturated heterocycles. The molecule has 0 aliphatic heterocycles. The molecule has 0 aromatic heterocycles. The molecule has 7 heteroatoms. The fraction of sp³-hybridized carbons (Fsp3) is 0.611. The normalized spacial score (nSPS) is 12.8. The van der Waals surface area contributed by atoms with Crippen LogP contribution in [0.15, 0.2) is 18.2 Å². The maximum absolute atomic E-state index is 11.8. The van der Waals surface area contributed by atoms with E-state index in [-0.39, 0.29) is 22.6 Å². The van der Waals surface area contributed by atoms with Gasteiger partial charge in [-0.25, -0.2) is 4.79 Å². The summed E-state index contributed by atoms with van der Waals surface area (Å²) in [6.07, 6.45) is -0.453. The SMILES string of the molecule is Cc1ccc(CNC(CNC(=O)OC(C)(C)C)C(C)C)cc1[N+](=O)[O-]. The lowest BCUT2D eigenvalue weighted by atomic mass is 10.0. The van der Waals surface area contributed by atoms with E-state index in [4.69, 9.17) is 4.74 Å². The van der Waals surface area contributed by atoms with E-state index in [1.54, 1.807) is 19.1 Å². The van der Waals surface area contributed by atoms with Crippen LogP contribution in [0.2, 0.25) is 0 Å². The van der Waals surface area contributed by atoms with Gasteiger partial charge in [-0.15, -0.1) is 0 Å². The molecular weight excluding hydrogens is 322 g/mol. The molecule has 0 saturated carbocycles. The second-order valence-corrected chi connectivity index (χ2v) is 7.49. The van der Waals surface area contributed by atoms with Gasteiger partial charge in [0.1, 0.15) is 5.60 Å². The molecular formula is C18H29N3O4. The van der Waals surface area contributed by atoms with Crippen LogP contribution in [0.3, 0.4) is 0 Å². The molecule has 25 heavy (non-hydrogen) atoms. The van der Waals surface area contributed by atoms with Crippen LogP contribution in [0.25, 0.3) is 0 Å². The molecule has 1 aromatic carbocycles. The van der Waals surface area contributed by atoms with E-state index in [9.17, 15) is 14.9 Å². The summed E-state index contributed by atoms with van der Waals surface area (Å²) in [6.45, 7) is 12.2. The smallest absolute Gasteiger partial charge is 0.407 e. The first-order chi connectivity index (χ1) is 11.5. The Labute approximate surface area is 149 Å². The standard InChI is InChI=1S/C18H29N3O4/c1-12(2)15(11-20-17(22)25-18(4,5)6)19-10-14-8-7-13(3)16(9-14)21(23)24/h7-9,12,15,19H,10-11H2,1-6H3,(H,20,22). The average molecular weight is 351 g/mol. The molecule has 1 atom stereocenters. The molecule has 0 fully saturated rings. The molecule has 1 rings (SSSR count). The second kappa shape index (κ2) is 8.80. The van der Waals surface area contributed by atoms with Crippen molar-refractivity contribution >= 4 is 11.8 Å².